The van der Waals surface area contributed by atoms with Gasteiger partial charge < -0.3 is 0 Å². The van der Waals surface area contributed by atoms with Crippen LogP contribution in [0.25, 0.3) is 6.08 Å². The van der Waals surface area contributed by atoms with Crippen LogP contribution in [0.5, 0.6) is 0 Å². The maximum atomic E-state index is 11.5. The van der Waals surface area contributed by atoms with E-state index in [-0.39, 0.29) is 0 Å². The van der Waals surface area contributed by atoms with Gasteiger partial charge in [0, 0.05) is 28.2 Å². The molecule has 0 heterocycles. The summed E-state index contributed by atoms with van der Waals surface area (Å²) in [6.45, 7) is 3.72. The van der Waals surface area contributed by atoms with Crippen LogP contribution in [0.4, 0.5) is 0 Å². The van der Waals surface area contributed by atoms with E-state index < -0.39 is 10.8 Å². The van der Waals surface area contributed by atoms with Crippen LogP contribution >= 0.6 is 11.6 Å². The molecule has 0 radical (unpaired) electrons. The monoisotopic (exact) mass is 228 g/mol. The van der Waals surface area contributed by atoms with Gasteiger partial charge in [-0.2, -0.15) is 0 Å². The number of hydrogen-bond donors (Lipinski definition) is 0. The van der Waals surface area contributed by atoms with Crippen molar-refractivity contribution in [2.75, 3.05) is 11.6 Å². The molecule has 0 fully saturated rings. The number of rotatable bonds is 5. The number of hydrogen-bond acceptors (Lipinski definition) is 1. The van der Waals surface area contributed by atoms with Crippen LogP contribution < -0.4 is 0 Å². The van der Waals surface area contributed by atoms with Crippen molar-refractivity contribution in [1.29, 1.82) is 0 Å². The molecule has 0 amide bonds. The van der Waals surface area contributed by atoms with E-state index in [9.17, 15) is 4.21 Å². The first-order valence-electron chi connectivity index (χ1n) is 4.39. The van der Waals surface area contributed by atoms with Crippen LogP contribution in [-0.2, 0) is 16.6 Å². The molecule has 0 aliphatic heterocycles. The van der Waals surface area contributed by atoms with Gasteiger partial charge in [-0.05, 0) is 11.1 Å². The van der Waals surface area contributed by atoms with Crippen LogP contribution in [0.1, 0.15) is 11.1 Å². The topological polar surface area (TPSA) is 17.1 Å². The minimum atomic E-state index is -0.863. The molecule has 1 aromatic carbocycles. The summed E-state index contributed by atoms with van der Waals surface area (Å²) in [7, 11) is -0.863. The zero-order valence-corrected chi connectivity index (χ0v) is 9.48. The molecule has 1 rings (SSSR count). The Bertz CT molecular complexity index is 336. The average Bonchev–Trinajstić information content (AvgIpc) is 2.19. The molecule has 1 unspecified atom stereocenters. The van der Waals surface area contributed by atoms with Crippen LogP contribution in [-0.4, -0.2) is 15.8 Å². The summed E-state index contributed by atoms with van der Waals surface area (Å²) in [6, 6.07) is 7.84. The van der Waals surface area contributed by atoms with E-state index in [1.807, 2.05) is 24.3 Å². The van der Waals surface area contributed by atoms with Gasteiger partial charge in [-0.25, -0.2) is 0 Å². The van der Waals surface area contributed by atoms with Gasteiger partial charge in [0.25, 0.3) is 0 Å². The third-order valence-corrected chi connectivity index (χ3v) is 3.60. The molecule has 0 saturated heterocycles. The van der Waals surface area contributed by atoms with Crippen LogP contribution in [0.2, 0.25) is 0 Å². The zero-order valence-electron chi connectivity index (χ0n) is 7.91. The lowest BCUT2D eigenvalue weighted by molar-refractivity contribution is 0.683. The second kappa shape index (κ2) is 5.99. The van der Waals surface area contributed by atoms with E-state index >= 15 is 0 Å². The Balaban J connectivity index is 2.75. The molecule has 1 nitrogen and oxygen atoms in total. The molecular weight excluding hydrogens is 216 g/mol. The summed E-state index contributed by atoms with van der Waals surface area (Å²) in [5.41, 5.74) is 2.13. The van der Waals surface area contributed by atoms with Gasteiger partial charge in [-0.3, -0.25) is 4.21 Å². The predicted octanol–water partition coefficient (Wildman–Crippen LogP) is 2.82. The highest BCUT2D eigenvalue weighted by atomic mass is 35.5. The molecule has 0 bridgehead atoms. The Hall–Kier alpha value is -0.600. The molecule has 0 aliphatic rings. The fourth-order valence-electron chi connectivity index (χ4n) is 1.20. The fourth-order valence-corrected chi connectivity index (χ4v) is 2.64. The molecule has 0 N–H and O–H groups in total. The van der Waals surface area contributed by atoms with Crippen molar-refractivity contribution in [1.82, 2.24) is 0 Å². The lowest BCUT2D eigenvalue weighted by Crippen LogP contribution is -2.03. The standard InChI is InChI=1S/C11H13ClOS/c1-2-10-5-3-4-6-11(10)9-14(13)8-7-12/h2-6H,1,7-9H2. The van der Waals surface area contributed by atoms with E-state index in [1.165, 1.54) is 0 Å². The molecule has 0 aromatic heterocycles. The van der Waals surface area contributed by atoms with E-state index in [4.69, 9.17) is 11.6 Å². The van der Waals surface area contributed by atoms with Gasteiger partial charge in [-0.15, -0.1) is 11.6 Å². The normalized spacial score (nSPS) is 12.4. The van der Waals surface area contributed by atoms with Crippen LogP contribution in [0.15, 0.2) is 30.8 Å². The molecular formula is C11H13ClOS. The molecule has 1 aromatic rings. The second-order valence-electron chi connectivity index (χ2n) is 2.88. The highest BCUT2D eigenvalue weighted by molar-refractivity contribution is 7.84. The van der Waals surface area contributed by atoms with Gasteiger partial charge in [0.2, 0.25) is 0 Å². The van der Waals surface area contributed by atoms with Crippen LogP contribution in [0.3, 0.4) is 0 Å². The highest BCUT2D eigenvalue weighted by Crippen LogP contribution is 2.12. The SMILES string of the molecule is C=Cc1ccccc1CS(=O)CCCl. The van der Waals surface area contributed by atoms with Crippen molar-refractivity contribution in [3.8, 4) is 0 Å². The first-order valence-corrected chi connectivity index (χ1v) is 6.41. The number of halogens is 1. The molecule has 14 heavy (non-hydrogen) atoms. The van der Waals surface area contributed by atoms with Gasteiger partial charge in [-0.1, -0.05) is 36.9 Å². The van der Waals surface area contributed by atoms with E-state index in [0.29, 0.717) is 17.4 Å². The largest absolute Gasteiger partial charge is 0.259 e. The Kier molecular flexibility index (Phi) is 4.91. The lowest BCUT2D eigenvalue weighted by Gasteiger charge is -2.04. The summed E-state index contributed by atoms with van der Waals surface area (Å²) in [4.78, 5) is 0. The summed E-state index contributed by atoms with van der Waals surface area (Å²) in [5.74, 6) is 1.56. The third kappa shape index (κ3) is 3.28. The van der Waals surface area contributed by atoms with Gasteiger partial charge in [0.15, 0.2) is 0 Å². The molecule has 0 saturated carbocycles. The third-order valence-electron chi connectivity index (χ3n) is 1.90. The van der Waals surface area contributed by atoms with Crippen molar-refractivity contribution in [2.24, 2.45) is 0 Å². The average molecular weight is 229 g/mol. The number of alkyl halides is 1. The Labute approximate surface area is 92.2 Å². The molecule has 76 valence electrons. The minimum Gasteiger partial charge on any atom is -0.259 e. The smallest absolute Gasteiger partial charge is 0.0492 e. The van der Waals surface area contributed by atoms with Gasteiger partial charge in [0.1, 0.15) is 0 Å². The predicted molar refractivity (Wildman–Crippen MR) is 64.0 cm³/mol. The van der Waals surface area contributed by atoms with E-state index in [1.54, 1.807) is 6.08 Å². The zero-order chi connectivity index (χ0) is 10.4. The maximum absolute atomic E-state index is 11.5. The van der Waals surface area contributed by atoms with Crippen molar-refractivity contribution in [3.63, 3.8) is 0 Å². The Morgan fingerprint density at radius 1 is 1.43 bits per heavy atom. The first-order chi connectivity index (χ1) is 6.77. The van der Waals surface area contributed by atoms with Gasteiger partial charge >= 0.3 is 0 Å². The lowest BCUT2D eigenvalue weighted by atomic mass is 10.1. The van der Waals surface area contributed by atoms with Crippen molar-refractivity contribution in [3.05, 3.63) is 42.0 Å². The maximum Gasteiger partial charge on any atom is 0.0492 e. The molecule has 0 spiro atoms. The Morgan fingerprint density at radius 3 is 2.79 bits per heavy atom. The summed E-state index contributed by atoms with van der Waals surface area (Å²) in [5, 5.41) is 0. The molecule has 3 heteroatoms. The number of benzene rings is 1. The minimum absolute atomic E-state index is 0.447. The van der Waals surface area contributed by atoms with Crippen molar-refractivity contribution < 1.29 is 4.21 Å². The van der Waals surface area contributed by atoms with E-state index in [0.717, 1.165) is 11.1 Å². The molecule has 1 atom stereocenters. The summed E-state index contributed by atoms with van der Waals surface area (Å²) < 4.78 is 11.5. The fraction of sp³-hybridized carbons (Fsp3) is 0.273. The quantitative estimate of drug-likeness (QED) is 0.709. The van der Waals surface area contributed by atoms with Crippen LogP contribution in [0, 0.1) is 0 Å². The molecule has 0 aliphatic carbocycles. The summed E-state index contributed by atoms with van der Waals surface area (Å²) >= 11 is 5.52. The van der Waals surface area contributed by atoms with Gasteiger partial charge in [0.05, 0.1) is 0 Å². The van der Waals surface area contributed by atoms with Crippen molar-refractivity contribution >= 4 is 28.5 Å². The second-order valence-corrected chi connectivity index (χ2v) is 4.83. The van der Waals surface area contributed by atoms with Crippen molar-refractivity contribution in [2.45, 2.75) is 5.75 Å². The first kappa shape index (κ1) is 11.5. The highest BCUT2D eigenvalue weighted by Gasteiger charge is 2.03. The Morgan fingerprint density at radius 2 is 2.14 bits per heavy atom. The summed E-state index contributed by atoms with van der Waals surface area (Å²) in [6.07, 6.45) is 1.78. The van der Waals surface area contributed by atoms with E-state index in [2.05, 4.69) is 6.58 Å².